The molecule has 0 aliphatic heterocycles. The molecule has 0 saturated heterocycles. The minimum atomic E-state index is -0.375. The highest BCUT2D eigenvalue weighted by Gasteiger charge is 2.10. The van der Waals surface area contributed by atoms with E-state index in [9.17, 15) is 4.39 Å². The fraction of sp³-hybridized carbons (Fsp3) is 0.130. The predicted octanol–water partition coefficient (Wildman–Crippen LogP) is 4.38. The Morgan fingerprint density at radius 3 is 2.81 bits per heavy atom. The van der Waals surface area contributed by atoms with Gasteiger partial charge < -0.3 is 0 Å². The number of hydrogen-bond acceptors (Lipinski definition) is 8. The molecule has 32 heavy (non-hydrogen) atoms. The first kappa shape index (κ1) is 21.7. The van der Waals surface area contributed by atoms with E-state index in [0.717, 1.165) is 34.1 Å². The summed E-state index contributed by atoms with van der Waals surface area (Å²) in [5, 5.41) is 4.77. The summed E-state index contributed by atoms with van der Waals surface area (Å²) in [5.74, 6) is -0.375. The Morgan fingerprint density at radius 1 is 1.09 bits per heavy atom. The summed E-state index contributed by atoms with van der Waals surface area (Å²) in [5.41, 5.74) is 4.05. The number of pyridine rings is 4. The van der Waals surface area contributed by atoms with Gasteiger partial charge in [-0.3, -0.25) is 30.2 Å². The van der Waals surface area contributed by atoms with Gasteiger partial charge in [0, 0.05) is 53.7 Å². The fourth-order valence-corrected chi connectivity index (χ4v) is 3.57. The zero-order chi connectivity index (χ0) is 22.3. The van der Waals surface area contributed by atoms with Gasteiger partial charge in [0.2, 0.25) is 0 Å². The molecule has 0 bridgehead atoms. The highest BCUT2D eigenvalue weighted by atomic mass is 32.2. The molecule has 0 spiro atoms. The lowest BCUT2D eigenvalue weighted by Gasteiger charge is -2.07. The second-order valence-electron chi connectivity index (χ2n) is 6.89. The number of rotatable bonds is 7. The summed E-state index contributed by atoms with van der Waals surface area (Å²) in [4.78, 5) is 21.7. The summed E-state index contributed by atoms with van der Waals surface area (Å²) in [6, 6.07) is 10.8. The van der Waals surface area contributed by atoms with Gasteiger partial charge in [0.25, 0.3) is 0 Å². The molecule has 0 fully saturated rings. The standard InChI is InChI=1S/C23H20FN7S/c1-15-8-18(5-7-27-15)22-19(24)9-16(12-30-22)11-26-14-31-23(32-25-2)20-10-17-4-3-6-28-21(17)13-29-20/h3-10,12-13,26H,2,11,14H2,1H3. The minimum absolute atomic E-state index is 0.303. The van der Waals surface area contributed by atoms with Crippen LogP contribution < -0.4 is 5.32 Å². The van der Waals surface area contributed by atoms with Crippen LogP contribution in [-0.4, -0.2) is 38.4 Å². The number of aryl methyl sites for hydroxylation is 1. The maximum Gasteiger partial charge on any atom is 0.149 e. The number of nitrogens with zero attached hydrogens (tertiary/aromatic N) is 6. The van der Waals surface area contributed by atoms with Crippen LogP contribution in [0.15, 0.2) is 70.6 Å². The molecule has 0 amide bonds. The third kappa shape index (κ3) is 5.19. The smallest absolute Gasteiger partial charge is 0.149 e. The van der Waals surface area contributed by atoms with Crippen molar-refractivity contribution < 1.29 is 4.39 Å². The molecule has 1 N–H and O–H groups in total. The van der Waals surface area contributed by atoms with E-state index in [0.29, 0.717) is 35.2 Å². The lowest BCUT2D eigenvalue weighted by atomic mass is 10.1. The van der Waals surface area contributed by atoms with Gasteiger partial charge in [-0.05, 0) is 49.5 Å². The van der Waals surface area contributed by atoms with E-state index in [4.69, 9.17) is 0 Å². The molecule has 7 nitrogen and oxygen atoms in total. The van der Waals surface area contributed by atoms with E-state index in [2.05, 4.69) is 41.4 Å². The van der Waals surface area contributed by atoms with E-state index in [1.54, 1.807) is 30.9 Å². The summed E-state index contributed by atoms with van der Waals surface area (Å²) < 4.78 is 18.5. The van der Waals surface area contributed by atoms with Crippen molar-refractivity contribution in [2.75, 3.05) is 6.67 Å². The molecule has 4 aromatic rings. The molecule has 9 heteroatoms. The number of fused-ring (bicyclic) bond motifs is 1. The molecular formula is C23H20FN7S. The first-order valence-electron chi connectivity index (χ1n) is 9.81. The molecule has 4 rings (SSSR count). The molecular weight excluding hydrogens is 425 g/mol. The van der Waals surface area contributed by atoms with Crippen molar-refractivity contribution >= 4 is 34.6 Å². The largest absolute Gasteiger partial charge is 0.294 e. The topological polar surface area (TPSA) is 88.3 Å². The van der Waals surface area contributed by atoms with Gasteiger partial charge in [-0.1, -0.05) is 6.07 Å². The van der Waals surface area contributed by atoms with Crippen molar-refractivity contribution in [2.24, 2.45) is 9.39 Å². The number of halogens is 1. The second-order valence-corrected chi connectivity index (χ2v) is 7.72. The molecule has 4 aromatic heterocycles. The zero-order valence-corrected chi connectivity index (χ0v) is 18.2. The molecule has 0 aliphatic carbocycles. The van der Waals surface area contributed by atoms with Crippen molar-refractivity contribution in [1.29, 1.82) is 0 Å². The maximum absolute atomic E-state index is 14.6. The normalized spacial score (nSPS) is 11.6. The number of nitrogens with one attached hydrogen (secondary N) is 1. The molecule has 160 valence electrons. The molecule has 0 aromatic carbocycles. The van der Waals surface area contributed by atoms with Crippen LogP contribution in [0.3, 0.4) is 0 Å². The lowest BCUT2D eigenvalue weighted by molar-refractivity contribution is 0.618. The third-order valence-corrected chi connectivity index (χ3v) is 5.23. The Morgan fingerprint density at radius 2 is 2.00 bits per heavy atom. The number of hydrogen-bond donors (Lipinski definition) is 1. The average molecular weight is 446 g/mol. The Kier molecular flexibility index (Phi) is 6.88. The van der Waals surface area contributed by atoms with Crippen LogP contribution in [-0.2, 0) is 6.54 Å². The predicted molar refractivity (Wildman–Crippen MR) is 127 cm³/mol. The van der Waals surface area contributed by atoms with Crippen LogP contribution in [0.4, 0.5) is 4.39 Å². The third-order valence-electron chi connectivity index (χ3n) is 4.59. The van der Waals surface area contributed by atoms with Crippen LogP contribution in [0.5, 0.6) is 0 Å². The van der Waals surface area contributed by atoms with E-state index < -0.39 is 0 Å². The van der Waals surface area contributed by atoms with E-state index in [-0.39, 0.29) is 5.82 Å². The number of aromatic nitrogens is 4. The monoisotopic (exact) mass is 445 g/mol. The van der Waals surface area contributed by atoms with E-state index >= 15 is 0 Å². The summed E-state index contributed by atoms with van der Waals surface area (Å²) in [7, 11) is 0. The van der Waals surface area contributed by atoms with Crippen molar-refractivity contribution in [1.82, 2.24) is 25.3 Å². The quantitative estimate of drug-likeness (QED) is 0.197. The van der Waals surface area contributed by atoms with Gasteiger partial charge in [-0.25, -0.2) is 8.79 Å². The molecule has 0 unspecified atom stereocenters. The maximum atomic E-state index is 14.6. The Labute approximate surface area is 189 Å². The van der Waals surface area contributed by atoms with Gasteiger partial charge in [-0.2, -0.15) is 0 Å². The van der Waals surface area contributed by atoms with Crippen LogP contribution in [0, 0.1) is 12.7 Å². The SMILES string of the molecule is C=NSC(=NCNCc1cnc(-c2ccnc(C)c2)c(F)c1)c1cc2cccnc2cn1. The van der Waals surface area contributed by atoms with Crippen molar-refractivity contribution in [3.05, 3.63) is 84.0 Å². The fourth-order valence-electron chi connectivity index (χ4n) is 3.12. The molecule has 0 saturated carbocycles. The molecule has 0 aliphatic rings. The van der Waals surface area contributed by atoms with Crippen LogP contribution in [0.25, 0.3) is 22.2 Å². The summed E-state index contributed by atoms with van der Waals surface area (Å²) in [6.07, 6.45) is 6.74. The Balaban J connectivity index is 1.43. The lowest BCUT2D eigenvalue weighted by Crippen LogP contribution is -2.15. The van der Waals surface area contributed by atoms with Crippen molar-refractivity contribution in [3.63, 3.8) is 0 Å². The van der Waals surface area contributed by atoms with Gasteiger partial charge >= 0.3 is 0 Å². The van der Waals surface area contributed by atoms with E-state index in [1.807, 2.05) is 31.2 Å². The van der Waals surface area contributed by atoms with Crippen molar-refractivity contribution in [2.45, 2.75) is 13.5 Å². The molecule has 0 radical (unpaired) electrons. The van der Waals surface area contributed by atoms with Gasteiger partial charge in [0.05, 0.1) is 24.1 Å². The highest BCUT2D eigenvalue weighted by molar-refractivity contribution is 8.13. The Bertz CT molecular complexity index is 1290. The second kappa shape index (κ2) is 10.2. The first-order chi connectivity index (χ1) is 15.6. The summed E-state index contributed by atoms with van der Waals surface area (Å²) >= 11 is 1.15. The van der Waals surface area contributed by atoms with Crippen LogP contribution in [0.1, 0.15) is 17.0 Å². The molecule has 0 atom stereocenters. The van der Waals surface area contributed by atoms with Crippen molar-refractivity contribution in [3.8, 4) is 11.3 Å². The van der Waals surface area contributed by atoms with Gasteiger partial charge in [0.1, 0.15) is 16.6 Å². The Hall–Kier alpha value is -3.56. The first-order valence-corrected chi connectivity index (χ1v) is 10.6. The highest BCUT2D eigenvalue weighted by Crippen LogP contribution is 2.21. The summed E-state index contributed by atoms with van der Waals surface area (Å²) in [6.45, 7) is 6.11. The van der Waals surface area contributed by atoms with Crippen LogP contribution >= 0.6 is 11.9 Å². The zero-order valence-electron chi connectivity index (χ0n) is 17.4. The van der Waals surface area contributed by atoms with Gasteiger partial charge in [-0.15, -0.1) is 0 Å². The van der Waals surface area contributed by atoms with Crippen LogP contribution in [0.2, 0.25) is 0 Å². The minimum Gasteiger partial charge on any atom is -0.294 e. The average Bonchev–Trinajstić information content (AvgIpc) is 2.81. The van der Waals surface area contributed by atoms with Gasteiger partial charge in [0.15, 0.2) is 0 Å². The van der Waals surface area contributed by atoms with E-state index in [1.165, 1.54) is 6.07 Å². The molecule has 4 heterocycles. The number of aliphatic imine (C=N–C) groups is 1.